The number of amides is 1. The molecule has 1 aromatic carbocycles. The van der Waals surface area contributed by atoms with E-state index < -0.39 is 48.6 Å². The van der Waals surface area contributed by atoms with Crippen LogP contribution in [-0.2, 0) is 14.3 Å². The van der Waals surface area contributed by atoms with E-state index >= 15 is 0 Å². The van der Waals surface area contributed by atoms with E-state index in [1.807, 2.05) is 0 Å². The first-order chi connectivity index (χ1) is 13.5. The standard InChI is InChI=1S/C18H18ClF4NO5/c19-13-6-5-9(7-12(13)15(26)27)24-14(25)10-3-1-2-4-11(10)16(28)29-8-18(22,23)17(20)21/h5-7,10-11,17H,1-4,8H2,(H,24,25)(H,26,27)/t10-,11+/m1/s1. The molecule has 2 rings (SSSR count). The number of ether oxygens (including phenoxy) is 1. The number of hydrogen-bond acceptors (Lipinski definition) is 4. The lowest BCUT2D eigenvalue weighted by Crippen LogP contribution is -2.40. The number of hydrogen-bond donors (Lipinski definition) is 2. The zero-order valence-corrected chi connectivity index (χ0v) is 15.7. The van der Waals surface area contributed by atoms with E-state index in [1.165, 1.54) is 12.1 Å². The summed E-state index contributed by atoms with van der Waals surface area (Å²) >= 11 is 5.77. The Morgan fingerprint density at radius 2 is 1.83 bits per heavy atom. The number of carbonyl (C=O) groups is 3. The Bertz CT molecular complexity index is 790. The summed E-state index contributed by atoms with van der Waals surface area (Å²) in [6.07, 6.45) is -2.40. The molecule has 1 amide bonds. The number of aromatic carboxylic acids is 1. The van der Waals surface area contributed by atoms with Crippen LogP contribution in [0.15, 0.2) is 18.2 Å². The molecule has 0 unspecified atom stereocenters. The Hall–Kier alpha value is -2.36. The minimum Gasteiger partial charge on any atom is -0.478 e. The van der Waals surface area contributed by atoms with Crippen molar-refractivity contribution in [1.29, 1.82) is 0 Å². The van der Waals surface area contributed by atoms with E-state index in [9.17, 15) is 31.9 Å². The van der Waals surface area contributed by atoms with Crippen LogP contribution in [0.4, 0.5) is 23.2 Å². The summed E-state index contributed by atoms with van der Waals surface area (Å²) in [4.78, 5) is 35.9. The number of alkyl halides is 4. The average molecular weight is 440 g/mol. The van der Waals surface area contributed by atoms with Crippen molar-refractivity contribution in [3.63, 3.8) is 0 Å². The average Bonchev–Trinajstić information content (AvgIpc) is 2.67. The van der Waals surface area contributed by atoms with Crippen LogP contribution in [0, 0.1) is 11.8 Å². The lowest BCUT2D eigenvalue weighted by molar-refractivity contribution is -0.184. The van der Waals surface area contributed by atoms with Gasteiger partial charge in [-0.1, -0.05) is 24.4 Å². The molecule has 160 valence electrons. The predicted octanol–water partition coefficient (Wildman–Crippen LogP) is 4.23. The van der Waals surface area contributed by atoms with Crippen molar-refractivity contribution in [3.05, 3.63) is 28.8 Å². The molecule has 0 bridgehead atoms. The van der Waals surface area contributed by atoms with Crippen molar-refractivity contribution < 1.29 is 41.8 Å². The summed E-state index contributed by atoms with van der Waals surface area (Å²) in [6.45, 7) is -1.77. The number of anilines is 1. The van der Waals surface area contributed by atoms with Crippen LogP contribution in [-0.4, -0.2) is 41.9 Å². The van der Waals surface area contributed by atoms with E-state index in [2.05, 4.69) is 10.1 Å². The quantitative estimate of drug-likeness (QED) is 0.490. The monoisotopic (exact) mass is 439 g/mol. The predicted molar refractivity (Wildman–Crippen MR) is 94.4 cm³/mol. The molecule has 1 saturated carbocycles. The topological polar surface area (TPSA) is 92.7 Å². The normalized spacial score (nSPS) is 19.7. The largest absolute Gasteiger partial charge is 0.478 e. The van der Waals surface area contributed by atoms with Crippen LogP contribution >= 0.6 is 11.6 Å². The smallest absolute Gasteiger partial charge is 0.340 e. The van der Waals surface area contributed by atoms with Gasteiger partial charge in [0.1, 0.15) is 0 Å². The van der Waals surface area contributed by atoms with Gasteiger partial charge in [0.2, 0.25) is 5.91 Å². The van der Waals surface area contributed by atoms with Crippen LogP contribution < -0.4 is 5.32 Å². The van der Waals surface area contributed by atoms with Crippen LogP contribution in [0.25, 0.3) is 0 Å². The molecule has 0 heterocycles. The number of benzene rings is 1. The van der Waals surface area contributed by atoms with Crippen molar-refractivity contribution in [1.82, 2.24) is 0 Å². The van der Waals surface area contributed by atoms with Crippen LogP contribution in [0.2, 0.25) is 5.02 Å². The van der Waals surface area contributed by atoms with E-state index in [0.717, 1.165) is 6.07 Å². The molecule has 6 nitrogen and oxygen atoms in total. The van der Waals surface area contributed by atoms with Gasteiger partial charge in [-0.2, -0.15) is 8.78 Å². The third-order valence-corrected chi connectivity index (χ3v) is 4.93. The highest BCUT2D eigenvalue weighted by Crippen LogP contribution is 2.33. The van der Waals surface area contributed by atoms with Gasteiger partial charge < -0.3 is 15.2 Å². The molecule has 0 spiro atoms. The first-order valence-corrected chi connectivity index (χ1v) is 9.07. The number of carboxylic acids is 1. The van der Waals surface area contributed by atoms with Crippen LogP contribution in [0.3, 0.4) is 0 Å². The molecular weight excluding hydrogens is 422 g/mol. The lowest BCUT2D eigenvalue weighted by Gasteiger charge is -2.29. The SMILES string of the molecule is O=C(O)c1cc(NC(=O)[C@@H]2CCCC[C@@H]2C(=O)OCC(F)(F)C(F)F)ccc1Cl. The second kappa shape index (κ2) is 9.43. The molecule has 11 heteroatoms. The summed E-state index contributed by atoms with van der Waals surface area (Å²) in [7, 11) is 0. The summed E-state index contributed by atoms with van der Waals surface area (Å²) in [5.41, 5.74) is -0.114. The summed E-state index contributed by atoms with van der Waals surface area (Å²) in [5.74, 6) is -9.55. The molecule has 1 fully saturated rings. The maximum absolute atomic E-state index is 13.0. The first-order valence-electron chi connectivity index (χ1n) is 8.69. The molecule has 0 radical (unpaired) electrons. The number of halogens is 5. The highest BCUT2D eigenvalue weighted by Gasteiger charge is 2.44. The van der Waals surface area contributed by atoms with Gasteiger partial charge in [-0.05, 0) is 31.0 Å². The molecular formula is C18H18ClF4NO5. The van der Waals surface area contributed by atoms with Gasteiger partial charge >= 0.3 is 24.3 Å². The summed E-state index contributed by atoms with van der Waals surface area (Å²) < 4.78 is 54.8. The summed E-state index contributed by atoms with van der Waals surface area (Å²) in [5, 5.41) is 11.5. The zero-order chi connectivity index (χ0) is 21.8. The van der Waals surface area contributed by atoms with Crippen molar-refractivity contribution in [2.75, 3.05) is 11.9 Å². The van der Waals surface area contributed by atoms with Gasteiger partial charge in [0.25, 0.3) is 0 Å². The Morgan fingerprint density at radius 1 is 1.21 bits per heavy atom. The van der Waals surface area contributed by atoms with Gasteiger partial charge in [0, 0.05) is 5.69 Å². The van der Waals surface area contributed by atoms with Gasteiger partial charge in [-0.3, -0.25) is 9.59 Å². The van der Waals surface area contributed by atoms with Crippen LogP contribution in [0.1, 0.15) is 36.0 Å². The maximum Gasteiger partial charge on any atom is 0.340 e. The molecule has 29 heavy (non-hydrogen) atoms. The summed E-state index contributed by atoms with van der Waals surface area (Å²) in [6, 6.07) is 3.79. The molecule has 1 aliphatic rings. The van der Waals surface area contributed by atoms with E-state index in [4.69, 9.17) is 16.7 Å². The lowest BCUT2D eigenvalue weighted by atomic mass is 9.78. The number of carbonyl (C=O) groups excluding carboxylic acids is 2. The minimum atomic E-state index is -4.47. The first kappa shape index (κ1) is 22.9. The number of carboxylic acid groups (broad SMARTS) is 1. The van der Waals surface area contributed by atoms with Crippen LogP contribution in [0.5, 0.6) is 0 Å². The second-order valence-electron chi connectivity index (χ2n) is 6.66. The molecule has 1 aromatic rings. The fourth-order valence-electron chi connectivity index (χ4n) is 3.07. The zero-order valence-electron chi connectivity index (χ0n) is 15.0. The Kier molecular flexibility index (Phi) is 7.45. The maximum atomic E-state index is 13.0. The van der Waals surface area contributed by atoms with Crippen molar-refractivity contribution in [2.45, 2.75) is 38.0 Å². The fourth-order valence-corrected chi connectivity index (χ4v) is 3.26. The van der Waals surface area contributed by atoms with Gasteiger partial charge in [0.05, 0.1) is 22.4 Å². The fraction of sp³-hybridized carbons (Fsp3) is 0.500. The van der Waals surface area contributed by atoms with Gasteiger partial charge in [-0.25, -0.2) is 13.6 Å². The highest BCUT2D eigenvalue weighted by atomic mass is 35.5. The Balaban J connectivity index is 2.08. The van der Waals surface area contributed by atoms with Gasteiger partial charge in [-0.15, -0.1) is 0 Å². The molecule has 0 saturated heterocycles. The van der Waals surface area contributed by atoms with E-state index in [-0.39, 0.29) is 29.1 Å². The van der Waals surface area contributed by atoms with Gasteiger partial charge in [0.15, 0.2) is 6.61 Å². The van der Waals surface area contributed by atoms with Crippen molar-refractivity contribution >= 4 is 35.1 Å². The second-order valence-corrected chi connectivity index (χ2v) is 7.06. The molecule has 2 N–H and O–H groups in total. The van der Waals surface area contributed by atoms with Crippen molar-refractivity contribution in [3.8, 4) is 0 Å². The molecule has 1 aliphatic carbocycles. The van der Waals surface area contributed by atoms with Crippen molar-refractivity contribution in [2.24, 2.45) is 11.8 Å². The number of nitrogens with one attached hydrogen (secondary N) is 1. The number of rotatable bonds is 7. The van der Waals surface area contributed by atoms with E-state index in [1.54, 1.807) is 0 Å². The number of esters is 1. The molecule has 0 aromatic heterocycles. The third kappa shape index (κ3) is 5.81. The highest BCUT2D eigenvalue weighted by molar-refractivity contribution is 6.33. The minimum absolute atomic E-state index is 0.0328. The molecule has 0 aliphatic heterocycles. The van der Waals surface area contributed by atoms with E-state index in [0.29, 0.717) is 12.8 Å². The molecule has 2 atom stereocenters. The Morgan fingerprint density at radius 3 is 2.41 bits per heavy atom. The Labute approximate surface area is 168 Å². The third-order valence-electron chi connectivity index (χ3n) is 4.60.